The van der Waals surface area contributed by atoms with Crippen molar-refractivity contribution >= 4 is 39.7 Å². The lowest BCUT2D eigenvalue weighted by Crippen LogP contribution is -2.32. The third kappa shape index (κ3) is 4.19. The summed E-state index contributed by atoms with van der Waals surface area (Å²) in [6, 6.07) is -0.415. The maximum Gasteiger partial charge on any atom is 0.433 e. The number of nitrogens with zero attached hydrogens (tertiary/aromatic N) is 2. The third-order valence-electron chi connectivity index (χ3n) is 2.85. The number of halogens is 3. The molecule has 0 saturated carbocycles. The second-order valence-electron chi connectivity index (χ2n) is 4.72. The van der Waals surface area contributed by atoms with Crippen LogP contribution < -0.4 is 5.32 Å². The second kappa shape index (κ2) is 6.61. The Balaban J connectivity index is 2.55. The summed E-state index contributed by atoms with van der Waals surface area (Å²) in [5, 5.41) is 1.72. The first kappa shape index (κ1) is 18.5. The maximum atomic E-state index is 12.9. The molecule has 0 aromatic carbocycles. The Morgan fingerprint density at radius 3 is 2.62 bits per heavy atom. The maximum absolute atomic E-state index is 12.9. The van der Waals surface area contributed by atoms with E-state index in [2.05, 4.69) is 15.3 Å². The fourth-order valence-corrected chi connectivity index (χ4v) is 3.32. The molecule has 0 aliphatic carbocycles. The molecular formula is C12H10F3N3O4S2. The number of hydrogen-bond acceptors (Lipinski definition) is 8. The molecule has 1 saturated heterocycles. The summed E-state index contributed by atoms with van der Waals surface area (Å²) in [6.45, 7) is 0. The summed E-state index contributed by atoms with van der Waals surface area (Å²) in [5.74, 6) is -0.522. The van der Waals surface area contributed by atoms with Crippen molar-refractivity contribution in [3.63, 3.8) is 0 Å². The Kier molecular flexibility index (Phi) is 5.11. The molecule has 1 N–H and O–H groups in total. The van der Waals surface area contributed by atoms with E-state index >= 15 is 0 Å². The quantitative estimate of drug-likeness (QED) is 0.461. The van der Waals surface area contributed by atoms with Crippen molar-refractivity contribution in [2.24, 2.45) is 0 Å². The van der Waals surface area contributed by atoms with E-state index in [9.17, 15) is 31.2 Å². The normalized spacial score (nSPS) is 20.3. The molecular weight excluding hydrogens is 371 g/mol. The molecule has 0 spiro atoms. The molecule has 1 unspecified atom stereocenters. The van der Waals surface area contributed by atoms with Gasteiger partial charge in [-0.2, -0.15) is 13.2 Å². The van der Waals surface area contributed by atoms with E-state index in [1.807, 2.05) is 0 Å². The lowest BCUT2D eigenvalue weighted by atomic mass is 10.1. The molecule has 1 aliphatic rings. The molecule has 1 fully saturated rings. The molecule has 24 heavy (non-hydrogen) atoms. The monoisotopic (exact) mass is 381 g/mol. The van der Waals surface area contributed by atoms with Gasteiger partial charge in [-0.05, 0) is 12.1 Å². The highest BCUT2D eigenvalue weighted by molar-refractivity contribution is 8.03. The van der Waals surface area contributed by atoms with Crippen molar-refractivity contribution in [1.29, 1.82) is 0 Å². The van der Waals surface area contributed by atoms with Crippen LogP contribution in [0.4, 0.5) is 13.2 Å². The average molecular weight is 381 g/mol. The SMILES string of the molecule is CS(=O)(=O)c1nc(/C=C2\SCNC2C(=O)C=O)cc(C(F)(F)F)n1. The van der Waals surface area contributed by atoms with Crippen LogP contribution in [0.25, 0.3) is 6.08 Å². The Hall–Kier alpha value is -1.79. The fourth-order valence-electron chi connectivity index (χ4n) is 1.80. The first-order valence-corrected chi connectivity index (χ1v) is 9.13. The Morgan fingerprint density at radius 2 is 2.08 bits per heavy atom. The van der Waals surface area contributed by atoms with Crippen molar-refractivity contribution < 1.29 is 31.2 Å². The smallest absolute Gasteiger partial charge is 0.295 e. The van der Waals surface area contributed by atoms with E-state index in [1.54, 1.807) is 0 Å². The minimum absolute atomic E-state index is 0.0977. The van der Waals surface area contributed by atoms with Gasteiger partial charge in [0.25, 0.3) is 0 Å². The number of ketones is 1. The van der Waals surface area contributed by atoms with Crippen LogP contribution >= 0.6 is 11.8 Å². The van der Waals surface area contributed by atoms with Gasteiger partial charge in [-0.25, -0.2) is 18.4 Å². The highest BCUT2D eigenvalue weighted by atomic mass is 32.2. The Morgan fingerprint density at radius 1 is 1.42 bits per heavy atom. The van der Waals surface area contributed by atoms with Crippen LogP contribution in [-0.4, -0.2) is 48.6 Å². The fraction of sp³-hybridized carbons (Fsp3) is 0.333. The number of nitrogens with one attached hydrogen (secondary N) is 1. The average Bonchev–Trinajstić information content (AvgIpc) is 2.92. The van der Waals surface area contributed by atoms with Gasteiger partial charge in [-0.1, -0.05) is 0 Å². The number of Topliss-reactive ketones (excluding diaryl/α,β-unsaturated/α-hetero) is 1. The molecule has 0 bridgehead atoms. The molecule has 130 valence electrons. The molecule has 7 nitrogen and oxygen atoms in total. The topological polar surface area (TPSA) is 106 Å². The van der Waals surface area contributed by atoms with Crippen molar-refractivity contribution in [1.82, 2.24) is 15.3 Å². The molecule has 1 aromatic heterocycles. The van der Waals surface area contributed by atoms with Crippen molar-refractivity contribution in [2.45, 2.75) is 17.4 Å². The Bertz CT molecular complexity index is 821. The zero-order chi connectivity index (χ0) is 18.1. The van der Waals surface area contributed by atoms with E-state index in [-0.39, 0.29) is 22.8 Å². The van der Waals surface area contributed by atoms with Gasteiger partial charge < -0.3 is 0 Å². The number of aromatic nitrogens is 2. The number of aldehydes is 1. The number of carbonyl (C=O) groups excluding carboxylic acids is 2. The first-order valence-electron chi connectivity index (χ1n) is 6.25. The molecule has 12 heteroatoms. The van der Waals surface area contributed by atoms with Crippen LogP contribution in [0.3, 0.4) is 0 Å². The van der Waals surface area contributed by atoms with Crippen molar-refractivity contribution in [3.05, 3.63) is 22.4 Å². The van der Waals surface area contributed by atoms with Crippen LogP contribution in [0.15, 0.2) is 16.1 Å². The van der Waals surface area contributed by atoms with Gasteiger partial charge in [-0.3, -0.25) is 14.9 Å². The van der Waals surface area contributed by atoms with Gasteiger partial charge in [0.15, 0.2) is 6.29 Å². The van der Waals surface area contributed by atoms with Gasteiger partial charge >= 0.3 is 6.18 Å². The van der Waals surface area contributed by atoms with Gasteiger partial charge in [-0.15, -0.1) is 11.8 Å². The number of alkyl halides is 3. The summed E-state index contributed by atoms with van der Waals surface area (Å²) in [6.07, 6.45) is -2.96. The minimum atomic E-state index is -4.87. The third-order valence-corrected chi connectivity index (χ3v) is 4.69. The zero-order valence-corrected chi connectivity index (χ0v) is 13.6. The summed E-state index contributed by atoms with van der Waals surface area (Å²) >= 11 is 1.09. The van der Waals surface area contributed by atoms with Crippen LogP contribution in [0.5, 0.6) is 0 Å². The first-order chi connectivity index (χ1) is 11.0. The molecule has 1 atom stereocenters. The molecule has 2 rings (SSSR count). The van der Waals surface area contributed by atoms with Gasteiger partial charge in [0, 0.05) is 17.0 Å². The summed E-state index contributed by atoms with van der Waals surface area (Å²) in [4.78, 5) is 28.9. The molecule has 0 amide bonds. The molecule has 1 aliphatic heterocycles. The largest absolute Gasteiger partial charge is 0.433 e. The van der Waals surface area contributed by atoms with Gasteiger partial charge in [0.05, 0.1) is 5.69 Å². The second-order valence-corrected chi connectivity index (χ2v) is 7.68. The number of thioether (sulfide) groups is 1. The number of sulfone groups is 1. The van der Waals surface area contributed by atoms with Crippen LogP contribution in [0, 0.1) is 0 Å². The zero-order valence-electron chi connectivity index (χ0n) is 12.0. The number of carbonyl (C=O) groups is 2. The summed E-state index contributed by atoms with van der Waals surface area (Å²) in [5.41, 5.74) is -1.74. The number of hydrogen-bond donors (Lipinski definition) is 1. The predicted molar refractivity (Wildman–Crippen MR) is 78.6 cm³/mol. The van der Waals surface area contributed by atoms with Crippen LogP contribution in [-0.2, 0) is 25.6 Å². The standard InChI is InChI=1S/C12H10F3N3O4S2/c1-24(21,22)11-17-6(3-9(18-11)12(13,14)15)2-8-10(7(20)4-19)16-5-23-8/h2-4,10,16H,5H2,1H3/b8-2-. The summed E-state index contributed by atoms with van der Waals surface area (Å²) < 4.78 is 61.6. The van der Waals surface area contributed by atoms with E-state index in [0.29, 0.717) is 12.3 Å². The summed E-state index contributed by atoms with van der Waals surface area (Å²) in [7, 11) is -4.07. The number of rotatable bonds is 4. The van der Waals surface area contributed by atoms with E-state index in [1.165, 1.54) is 0 Å². The molecule has 0 radical (unpaired) electrons. The molecule has 1 aromatic rings. The lowest BCUT2D eigenvalue weighted by Gasteiger charge is -2.09. The highest BCUT2D eigenvalue weighted by Crippen LogP contribution is 2.31. The lowest BCUT2D eigenvalue weighted by molar-refractivity contribution is -0.141. The van der Waals surface area contributed by atoms with E-state index in [0.717, 1.165) is 17.8 Å². The van der Waals surface area contributed by atoms with E-state index in [4.69, 9.17) is 0 Å². The van der Waals surface area contributed by atoms with E-state index < -0.39 is 38.7 Å². The van der Waals surface area contributed by atoms with Crippen LogP contribution in [0.2, 0.25) is 0 Å². The highest BCUT2D eigenvalue weighted by Gasteiger charge is 2.35. The van der Waals surface area contributed by atoms with Gasteiger partial charge in [0.2, 0.25) is 20.8 Å². The predicted octanol–water partition coefficient (Wildman–Crippen LogP) is 0.670. The Labute approximate surface area is 138 Å². The van der Waals surface area contributed by atoms with Crippen molar-refractivity contribution in [2.75, 3.05) is 12.1 Å². The molecule has 2 heterocycles. The minimum Gasteiger partial charge on any atom is -0.295 e. The van der Waals surface area contributed by atoms with Gasteiger partial charge in [0.1, 0.15) is 11.7 Å². The van der Waals surface area contributed by atoms with Crippen LogP contribution in [0.1, 0.15) is 11.4 Å². The van der Waals surface area contributed by atoms with Crippen molar-refractivity contribution in [3.8, 4) is 0 Å².